The lowest BCUT2D eigenvalue weighted by Gasteiger charge is -2.32. The first-order chi connectivity index (χ1) is 18.4. The summed E-state index contributed by atoms with van der Waals surface area (Å²) < 4.78 is 28.6. The smallest absolute Gasteiger partial charge is 0.264 e. The summed E-state index contributed by atoms with van der Waals surface area (Å²) >= 11 is 12.8. The minimum Gasteiger partial charge on any atom is -0.354 e. The Balaban J connectivity index is 2.02. The number of nitrogens with one attached hydrogen (secondary N) is 1. The number of rotatable bonds is 11. The number of anilines is 1. The summed E-state index contributed by atoms with van der Waals surface area (Å²) in [6, 6.07) is 18.8. The molecule has 208 valence electrons. The predicted octanol–water partition coefficient (Wildman–Crippen LogP) is 5.69. The molecule has 0 unspecified atom stereocenters. The Labute approximate surface area is 240 Å². The molecule has 0 saturated carbocycles. The van der Waals surface area contributed by atoms with Crippen LogP contribution in [0.15, 0.2) is 77.7 Å². The van der Waals surface area contributed by atoms with Gasteiger partial charge in [-0.2, -0.15) is 0 Å². The third-order valence-corrected chi connectivity index (χ3v) is 8.67. The molecule has 3 rings (SSSR count). The molecule has 0 radical (unpaired) electrons. The van der Waals surface area contributed by atoms with Crippen LogP contribution in [0.1, 0.15) is 31.9 Å². The van der Waals surface area contributed by atoms with E-state index < -0.39 is 28.5 Å². The number of halogens is 2. The second kappa shape index (κ2) is 13.3. The number of hydrogen-bond donors (Lipinski definition) is 1. The van der Waals surface area contributed by atoms with Crippen molar-refractivity contribution in [1.82, 2.24) is 10.2 Å². The van der Waals surface area contributed by atoms with Crippen molar-refractivity contribution in [2.24, 2.45) is 5.92 Å². The molecule has 0 aliphatic heterocycles. The van der Waals surface area contributed by atoms with Gasteiger partial charge in [0.25, 0.3) is 10.0 Å². The lowest BCUT2D eigenvalue weighted by molar-refractivity contribution is -0.139. The maximum atomic E-state index is 13.9. The third kappa shape index (κ3) is 7.75. The van der Waals surface area contributed by atoms with Gasteiger partial charge in [-0.05, 0) is 56.2 Å². The molecule has 3 aromatic carbocycles. The largest absolute Gasteiger partial charge is 0.354 e. The summed E-state index contributed by atoms with van der Waals surface area (Å²) in [4.78, 5) is 28.3. The van der Waals surface area contributed by atoms with Crippen LogP contribution in [0.3, 0.4) is 0 Å². The molecular weight excluding hydrogens is 557 g/mol. The van der Waals surface area contributed by atoms with Gasteiger partial charge in [0.2, 0.25) is 11.8 Å². The maximum absolute atomic E-state index is 13.9. The summed E-state index contributed by atoms with van der Waals surface area (Å²) in [5.74, 6) is -0.748. The number of para-hydroxylation sites is 1. The van der Waals surface area contributed by atoms with Gasteiger partial charge in [0.1, 0.15) is 12.6 Å². The summed E-state index contributed by atoms with van der Waals surface area (Å²) in [6.07, 6.45) is 0. The number of carbonyl (C=O) groups excluding carboxylic acids is 2. The van der Waals surface area contributed by atoms with Gasteiger partial charge in [0.15, 0.2) is 0 Å². The standard InChI is InChI=1S/C29H33Cl2N3O4S/c1-20(2)17-32-29(36)22(4)33(18-25-26(30)11-8-12-27(25)31)28(35)19-34(23-9-6-5-7-10-23)39(37,38)24-15-13-21(3)14-16-24/h5-16,20,22H,17-19H2,1-4H3,(H,32,36)/t22-/m0/s1. The molecular formula is C29H33Cl2N3O4S. The number of carbonyl (C=O) groups is 2. The van der Waals surface area contributed by atoms with Crippen molar-refractivity contribution in [3.05, 3.63) is 94.0 Å². The van der Waals surface area contributed by atoms with E-state index in [1.807, 2.05) is 20.8 Å². The van der Waals surface area contributed by atoms with Crippen LogP contribution in [-0.4, -0.2) is 44.3 Å². The van der Waals surface area contributed by atoms with Gasteiger partial charge in [-0.15, -0.1) is 0 Å². The van der Waals surface area contributed by atoms with Crippen molar-refractivity contribution >= 4 is 50.7 Å². The Morgan fingerprint density at radius 2 is 1.46 bits per heavy atom. The van der Waals surface area contributed by atoms with Crippen molar-refractivity contribution in [3.63, 3.8) is 0 Å². The number of nitrogens with zero attached hydrogens (tertiary/aromatic N) is 2. The lowest BCUT2D eigenvalue weighted by atomic mass is 10.1. The van der Waals surface area contributed by atoms with Gasteiger partial charge in [0.05, 0.1) is 10.6 Å². The van der Waals surface area contributed by atoms with Gasteiger partial charge in [-0.25, -0.2) is 8.42 Å². The maximum Gasteiger partial charge on any atom is 0.264 e. The van der Waals surface area contributed by atoms with Crippen LogP contribution in [0, 0.1) is 12.8 Å². The fourth-order valence-electron chi connectivity index (χ4n) is 3.85. The number of aryl methyl sites for hydroxylation is 1. The number of hydrogen-bond acceptors (Lipinski definition) is 4. The van der Waals surface area contributed by atoms with Gasteiger partial charge in [-0.3, -0.25) is 13.9 Å². The van der Waals surface area contributed by atoms with Crippen LogP contribution in [0.2, 0.25) is 10.0 Å². The molecule has 0 bridgehead atoms. The lowest BCUT2D eigenvalue weighted by Crippen LogP contribution is -2.51. The van der Waals surface area contributed by atoms with Crippen LogP contribution in [0.5, 0.6) is 0 Å². The fraction of sp³-hybridized carbons (Fsp3) is 0.310. The van der Waals surface area contributed by atoms with Crippen molar-refractivity contribution in [2.75, 3.05) is 17.4 Å². The molecule has 0 saturated heterocycles. The molecule has 0 spiro atoms. The van der Waals surface area contributed by atoms with Gasteiger partial charge in [-0.1, -0.05) is 79.0 Å². The molecule has 7 nitrogen and oxygen atoms in total. The third-order valence-electron chi connectivity index (χ3n) is 6.17. The molecule has 0 aliphatic rings. The van der Waals surface area contributed by atoms with E-state index in [1.165, 1.54) is 17.0 Å². The van der Waals surface area contributed by atoms with Crippen molar-refractivity contribution in [2.45, 2.75) is 45.2 Å². The highest BCUT2D eigenvalue weighted by Gasteiger charge is 2.33. The van der Waals surface area contributed by atoms with Crippen molar-refractivity contribution < 1.29 is 18.0 Å². The molecule has 0 fully saturated rings. The summed E-state index contributed by atoms with van der Waals surface area (Å²) in [7, 11) is -4.12. The molecule has 0 aliphatic carbocycles. The summed E-state index contributed by atoms with van der Waals surface area (Å²) in [5, 5.41) is 3.52. The predicted molar refractivity (Wildman–Crippen MR) is 156 cm³/mol. The molecule has 0 heterocycles. The van der Waals surface area contributed by atoms with E-state index in [1.54, 1.807) is 67.6 Å². The second-order valence-corrected chi connectivity index (χ2v) is 12.4. The Kier molecular flexibility index (Phi) is 10.4. The van der Waals surface area contributed by atoms with E-state index in [2.05, 4.69) is 5.32 Å². The first kappa shape index (κ1) is 30.5. The first-order valence-electron chi connectivity index (χ1n) is 12.6. The average Bonchev–Trinajstić information content (AvgIpc) is 2.90. The highest BCUT2D eigenvalue weighted by atomic mass is 35.5. The van der Waals surface area contributed by atoms with Crippen LogP contribution in [0.25, 0.3) is 0 Å². The Morgan fingerprint density at radius 3 is 2.03 bits per heavy atom. The van der Waals surface area contributed by atoms with Gasteiger partial charge in [0, 0.05) is 28.7 Å². The van der Waals surface area contributed by atoms with E-state index in [-0.39, 0.29) is 23.3 Å². The zero-order chi connectivity index (χ0) is 28.7. The molecule has 3 aromatic rings. The summed E-state index contributed by atoms with van der Waals surface area (Å²) in [5.41, 5.74) is 1.68. The SMILES string of the molecule is Cc1ccc(S(=O)(=O)N(CC(=O)N(Cc2c(Cl)cccc2Cl)[C@@H](C)C(=O)NCC(C)C)c2ccccc2)cc1. The Bertz CT molecular complexity index is 1380. The minimum atomic E-state index is -4.12. The van der Waals surface area contributed by atoms with Crippen LogP contribution >= 0.6 is 23.2 Å². The molecule has 2 amide bonds. The Morgan fingerprint density at radius 1 is 0.872 bits per heavy atom. The highest BCUT2D eigenvalue weighted by molar-refractivity contribution is 7.92. The van der Waals surface area contributed by atoms with Crippen molar-refractivity contribution in [1.29, 1.82) is 0 Å². The van der Waals surface area contributed by atoms with E-state index in [4.69, 9.17) is 23.2 Å². The number of benzene rings is 3. The highest BCUT2D eigenvalue weighted by Crippen LogP contribution is 2.28. The van der Waals surface area contributed by atoms with Gasteiger partial charge < -0.3 is 10.2 Å². The molecule has 10 heteroatoms. The molecule has 39 heavy (non-hydrogen) atoms. The first-order valence-corrected chi connectivity index (χ1v) is 14.8. The zero-order valence-corrected chi connectivity index (χ0v) is 24.7. The van der Waals surface area contributed by atoms with E-state index in [9.17, 15) is 18.0 Å². The monoisotopic (exact) mass is 589 g/mol. The zero-order valence-electron chi connectivity index (χ0n) is 22.4. The van der Waals surface area contributed by atoms with Crippen LogP contribution in [-0.2, 0) is 26.2 Å². The number of sulfonamides is 1. The number of amides is 2. The van der Waals surface area contributed by atoms with Gasteiger partial charge >= 0.3 is 0 Å². The van der Waals surface area contributed by atoms with E-state index >= 15 is 0 Å². The topological polar surface area (TPSA) is 86.8 Å². The molecule has 0 aromatic heterocycles. The molecule has 1 N–H and O–H groups in total. The quantitative estimate of drug-likeness (QED) is 0.311. The minimum absolute atomic E-state index is 0.0492. The normalized spacial score (nSPS) is 12.2. The Hall–Kier alpha value is -3.07. The van der Waals surface area contributed by atoms with Crippen LogP contribution < -0.4 is 9.62 Å². The summed E-state index contributed by atoms with van der Waals surface area (Å²) in [6.45, 7) is 7.19. The van der Waals surface area contributed by atoms with E-state index in [0.29, 0.717) is 27.8 Å². The fourth-order valence-corrected chi connectivity index (χ4v) is 5.78. The van der Waals surface area contributed by atoms with Crippen LogP contribution in [0.4, 0.5) is 5.69 Å². The van der Waals surface area contributed by atoms with Crippen molar-refractivity contribution in [3.8, 4) is 0 Å². The molecule has 1 atom stereocenters. The average molecular weight is 591 g/mol. The van der Waals surface area contributed by atoms with E-state index in [0.717, 1.165) is 9.87 Å². The second-order valence-electron chi connectivity index (χ2n) is 9.70.